The van der Waals surface area contributed by atoms with Crippen molar-refractivity contribution >= 4 is 16.9 Å². The third-order valence-corrected chi connectivity index (χ3v) is 4.46. The Hall–Kier alpha value is -2.96. The second kappa shape index (κ2) is 7.51. The van der Waals surface area contributed by atoms with Crippen molar-refractivity contribution in [1.29, 1.82) is 0 Å². The SMILES string of the molecule is CCC(C)NC(=O)CCn1c(C)nc2c(cnn2-c2ccccc2)c1=O. The number of carbonyl (C=O) groups is 1. The molecule has 3 aromatic rings. The maximum Gasteiger partial charge on any atom is 0.264 e. The molecule has 0 aliphatic rings. The molecule has 1 aromatic carbocycles. The van der Waals surface area contributed by atoms with Crippen molar-refractivity contribution in [2.45, 2.75) is 46.2 Å². The van der Waals surface area contributed by atoms with Crippen LogP contribution in [0.15, 0.2) is 41.3 Å². The van der Waals surface area contributed by atoms with Crippen molar-refractivity contribution in [1.82, 2.24) is 24.6 Å². The molecule has 1 N–H and O–H groups in total. The van der Waals surface area contributed by atoms with Crippen LogP contribution < -0.4 is 10.9 Å². The molecule has 3 rings (SSSR count). The number of amides is 1. The molecule has 7 nitrogen and oxygen atoms in total. The lowest BCUT2D eigenvalue weighted by atomic mass is 10.2. The van der Waals surface area contributed by atoms with E-state index in [1.165, 1.54) is 10.8 Å². The number of fused-ring (bicyclic) bond motifs is 1. The highest BCUT2D eigenvalue weighted by Crippen LogP contribution is 2.14. The van der Waals surface area contributed by atoms with E-state index in [4.69, 9.17) is 0 Å². The maximum atomic E-state index is 12.8. The average Bonchev–Trinajstić information content (AvgIpc) is 3.06. The molecule has 1 amide bonds. The summed E-state index contributed by atoms with van der Waals surface area (Å²) >= 11 is 0. The van der Waals surface area contributed by atoms with E-state index in [0.29, 0.717) is 23.4 Å². The molecular formula is C19H23N5O2. The van der Waals surface area contributed by atoms with Crippen LogP contribution in [-0.4, -0.2) is 31.3 Å². The smallest absolute Gasteiger partial charge is 0.264 e. The molecule has 0 aliphatic carbocycles. The van der Waals surface area contributed by atoms with Gasteiger partial charge in [-0.25, -0.2) is 9.67 Å². The molecule has 26 heavy (non-hydrogen) atoms. The van der Waals surface area contributed by atoms with E-state index in [1.54, 1.807) is 11.6 Å². The van der Waals surface area contributed by atoms with Crippen LogP contribution in [0.25, 0.3) is 16.7 Å². The molecule has 7 heteroatoms. The summed E-state index contributed by atoms with van der Waals surface area (Å²) in [5.74, 6) is 0.502. The fourth-order valence-electron chi connectivity index (χ4n) is 2.79. The van der Waals surface area contributed by atoms with E-state index in [-0.39, 0.29) is 23.9 Å². The van der Waals surface area contributed by atoms with Crippen LogP contribution in [0.1, 0.15) is 32.5 Å². The lowest BCUT2D eigenvalue weighted by Gasteiger charge is -2.13. The normalized spacial score (nSPS) is 12.3. The van der Waals surface area contributed by atoms with Crippen LogP contribution in [0, 0.1) is 6.92 Å². The summed E-state index contributed by atoms with van der Waals surface area (Å²) in [6.45, 7) is 6.05. The Bertz CT molecular complexity index is 975. The van der Waals surface area contributed by atoms with Gasteiger partial charge in [-0.1, -0.05) is 25.1 Å². The molecule has 0 bridgehead atoms. The zero-order valence-corrected chi connectivity index (χ0v) is 15.3. The predicted molar refractivity (Wildman–Crippen MR) is 100 cm³/mol. The highest BCUT2D eigenvalue weighted by Gasteiger charge is 2.15. The summed E-state index contributed by atoms with van der Waals surface area (Å²) in [7, 11) is 0. The van der Waals surface area contributed by atoms with Crippen LogP contribution in [0.5, 0.6) is 0 Å². The van der Waals surface area contributed by atoms with E-state index in [1.807, 2.05) is 44.2 Å². The van der Waals surface area contributed by atoms with Crippen molar-refractivity contribution in [3.05, 3.63) is 52.7 Å². The number of para-hydroxylation sites is 1. The first-order valence-corrected chi connectivity index (χ1v) is 8.81. The Balaban J connectivity index is 1.90. The summed E-state index contributed by atoms with van der Waals surface area (Å²) in [5.41, 5.74) is 1.20. The second-order valence-corrected chi connectivity index (χ2v) is 6.37. The van der Waals surface area contributed by atoms with Gasteiger partial charge in [0.05, 0.1) is 11.9 Å². The topological polar surface area (TPSA) is 81.8 Å². The molecule has 1 atom stereocenters. The Morgan fingerprint density at radius 3 is 2.69 bits per heavy atom. The van der Waals surface area contributed by atoms with Crippen LogP contribution >= 0.6 is 0 Å². The summed E-state index contributed by atoms with van der Waals surface area (Å²) in [5, 5.41) is 7.67. The molecule has 0 spiro atoms. The van der Waals surface area contributed by atoms with Gasteiger partial charge in [0, 0.05) is 19.0 Å². The summed E-state index contributed by atoms with van der Waals surface area (Å²) in [6.07, 6.45) is 2.65. The Kier molecular flexibility index (Phi) is 5.16. The van der Waals surface area contributed by atoms with Gasteiger partial charge in [-0.2, -0.15) is 5.10 Å². The Labute approximate surface area is 151 Å². The van der Waals surface area contributed by atoms with Gasteiger partial charge in [0.2, 0.25) is 5.91 Å². The number of hydrogen-bond donors (Lipinski definition) is 1. The highest BCUT2D eigenvalue weighted by atomic mass is 16.2. The number of hydrogen-bond acceptors (Lipinski definition) is 4. The first kappa shape index (κ1) is 17.8. The largest absolute Gasteiger partial charge is 0.354 e. The lowest BCUT2D eigenvalue weighted by molar-refractivity contribution is -0.121. The fraction of sp³-hybridized carbons (Fsp3) is 0.368. The van der Waals surface area contributed by atoms with Gasteiger partial charge in [-0.3, -0.25) is 14.2 Å². The van der Waals surface area contributed by atoms with E-state index < -0.39 is 0 Å². The Morgan fingerprint density at radius 1 is 1.27 bits per heavy atom. The van der Waals surface area contributed by atoms with Crippen molar-refractivity contribution < 1.29 is 4.79 Å². The zero-order valence-electron chi connectivity index (χ0n) is 15.3. The van der Waals surface area contributed by atoms with Gasteiger partial charge >= 0.3 is 0 Å². The summed E-state index contributed by atoms with van der Waals surface area (Å²) in [6, 6.07) is 9.69. The molecule has 136 valence electrons. The second-order valence-electron chi connectivity index (χ2n) is 6.37. The Morgan fingerprint density at radius 2 is 2.00 bits per heavy atom. The predicted octanol–water partition coefficient (Wildman–Crippen LogP) is 2.20. The quantitative estimate of drug-likeness (QED) is 0.736. The number of nitrogens with zero attached hydrogens (tertiary/aromatic N) is 4. The molecule has 0 fully saturated rings. The van der Waals surface area contributed by atoms with Crippen molar-refractivity contribution in [3.63, 3.8) is 0 Å². The minimum atomic E-state index is -0.175. The number of aryl methyl sites for hydroxylation is 1. The number of benzene rings is 1. The number of carbonyl (C=O) groups excluding carboxylic acids is 1. The molecule has 0 radical (unpaired) electrons. The van der Waals surface area contributed by atoms with Crippen LogP contribution in [-0.2, 0) is 11.3 Å². The lowest BCUT2D eigenvalue weighted by Crippen LogP contribution is -2.34. The van der Waals surface area contributed by atoms with Crippen molar-refractivity contribution in [2.24, 2.45) is 0 Å². The average molecular weight is 353 g/mol. The molecule has 0 saturated heterocycles. The maximum absolute atomic E-state index is 12.8. The van der Waals surface area contributed by atoms with E-state index in [9.17, 15) is 9.59 Å². The zero-order chi connectivity index (χ0) is 18.7. The third kappa shape index (κ3) is 3.51. The van der Waals surface area contributed by atoms with Gasteiger partial charge in [0.1, 0.15) is 11.2 Å². The first-order valence-electron chi connectivity index (χ1n) is 8.81. The van der Waals surface area contributed by atoms with Gasteiger partial charge in [-0.15, -0.1) is 0 Å². The fourth-order valence-corrected chi connectivity index (χ4v) is 2.79. The third-order valence-electron chi connectivity index (χ3n) is 4.46. The molecule has 2 aromatic heterocycles. The molecule has 0 saturated carbocycles. The van der Waals surface area contributed by atoms with Crippen LogP contribution in [0.3, 0.4) is 0 Å². The van der Waals surface area contributed by atoms with E-state index in [2.05, 4.69) is 15.4 Å². The molecular weight excluding hydrogens is 330 g/mol. The first-order chi connectivity index (χ1) is 12.5. The monoisotopic (exact) mass is 353 g/mol. The van der Waals surface area contributed by atoms with Crippen molar-refractivity contribution in [3.8, 4) is 5.69 Å². The van der Waals surface area contributed by atoms with Crippen molar-refractivity contribution in [2.75, 3.05) is 0 Å². The minimum absolute atomic E-state index is 0.0641. The highest BCUT2D eigenvalue weighted by molar-refractivity contribution is 5.77. The molecule has 0 aliphatic heterocycles. The van der Waals surface area contributed by atoms with Gasteiger partial charge < -0.3 is 5.32 Å². The van der Waals surface area contributed by atoms with Gasteiger partial charge in [-0.05, 0) is 32.4 Å². The number of nitrogens with one attached hydrogen (secondary N) is 1. The van der Waals surface area contributed by atoms with Gasteiger partial charge in [0.15, 0.2) is 5.65 Å². The summed E-state index contributed by atoms with van der Waals surface area (Å²) in [4.78, 5) is 29.4. The molecule has 2 heterocycles. The number of rotatable bonds is 6. The molecule has 1 unspecified atom stereocenters. The summed E-state index contributed by atoms with van der Waals surface area (Å²) < 4.78 is 3.19. The van der Waals surface area contributed by atoms with E-state index >= 15 is 0 Å². The van der Waals surface area contributed by atoms with E-state index in [0.717, 1.165) is 12.1 Å². The van der Waals surface area contributed by atoms with Crippen LogP contribution in [0.4, 0.5) is 0 Å². The van der Waals surface area contributed by atoms with Crippen LogP contribution in [0.2, 0.25) is 0 Å². The minimum Gasteiger partial charge on any atom is -0.354 e. The standard InChI is InChI=1S/C19H23N5O2/c1-4-13(2)21-17(25)10-11-23-14(3)22-18-16(19(23)26)12-20-24(18)15-8-6-5-7-9-15/h5-9,12-13H,4,10-11H2,1-3H3,(H,21,25). The number of aromatic nitrogens is 4. The van der Waals surface area contributed by atoms with Gasteiger partial charge in [0.25, 0.3) is 5.56 Å².